The molecule has 4 rings (SSSR count). The quantitative estimate of drug-likeness (QED) is 0.736. The standard InChI is InChI=1S/C22H19N3O4/c1-13-10-18-20(22(26)25(13)12-14-6-5-9-28-14)19(16(11-23)21(24)29-18)15-7-3-4-8-17(15)27-2/h3-10,19H,12,24H2,1-2H3/t19-/m1/s1. The molecule has 3 heterocycles. The van der Waals surface area contributed by atoms with Crippen LogP contribution in [0.4, 0.5) is 0 Å². The number of rotatable bonds is 4. The van der Waals surface area contributed by atoms with Gasteiger partial charge in [0.05, 0.1) is 31.4 Å². The van der Waals surface area contributed by atoms with E-state index in [-0.39, 0.29) is 23.6 Å². The first-order valence-corrected chi connectivity index (χ1v) is 9.02. The molecule has 0 saturated heterocycles. The molecule has 3 aromatic rings. The summed E-state index contributed by atoms with van der Waals surface area (Å²) in [5.74, 6) is 0.838. The number of fused-ring (bicyclic) bond motifs is 1. The van der Waals surface area contributed by atoms with E-state index in [4.69, 9.17) is 19.6 Å². The summed E-state index contributed by atoms with van der Waals surface area (Å²) in [7, 11) is 1.54. The van der Waals surface area contributed by atoms with Crippen LogP contribution in [0.25, 0.3) is 0 Å². The number of nitrogens with zero attached hydrogens (tertiary/aromatic N) is 2. The smallest absolute Gasteiger partial charge is 0.259 e. The van der Waals surface area contributed by atoms with Crippen molar-refractivity contribution in [3.8, 4) is 17.6 Å². The lowest BCUT2D eigenvalue weighted by atomic mass is 9.83. The zero-order valence-corrected chi connectivity index (χ0v) is 16.0. The van der Waals surface area contributed by atoms with Crippen molar-refractivity contribution in [2.75, 3.05) is 7.11 Å². The van der Waals surface area contributed by atoms with E-state index in [0.29, 0.717) is 34.1 Å². The van der Waals surface area contributed by atoms with E-state index in [1.54, 1.807) is 42.2 Å². The Morgan fingerprint density at radius 1 is 1.28 bits per heavy atom. The van der Waals surface area contributed by atoms with Crippen LogP contribution in [0.15, 0.2) is 69.4 Å². The molecule has 0 bridgehead atoms. The van der Waals surface area contributed by atoms with Crippen molar-refractivity contribution in [3.63, 3.8) is 0 Å². The number of aromatic nitrogens is 1. The van der Waals surface area contributed by atoms with Gasteiger partial charge in [-0.2, -0.15) is 5.26 Å². The molecule has 0 amide bonds. The minimum Gasteiger partial charge on any atom is -0.496 e. The maximum absolute atomic E-state index is 13.5. The Hall–Kier alpha value is -3.92. The zero-order valence-electron chi connectivity index (χ0n) is 16.0. The summed E-state index contributed by atoms with van der Waals surface area (Å²) < 4.78 is 18.2. The Labute approximate surface area is 167 Å². The largest absolute Gasteiger partial charge is 0.496 e. The summed E-state index contributed by atoms with van der Waals surface area (Å²) in [6.45, 7) is 2.08. The summed E-state index contributed by atoms with van der Waals surface area (Å²) in [4.78, 5) is 13.5. The third-order valence-corrected chi connectivity index (χ3v) is 5.03. The summed E-state index contributed by atoms with van der Waals surface area (Å²) in [5.41, 5.74) is 7.65. The SMILES string of the molecule is COc1ccccc1[C@@H]1C(C#N)=C(N)Oc2cc(C)n(Cc3ccco3)c(=O)c21. The third-order valence-electron chi connectivity index (χ3n) is 5.03. The van der Waals surface area contributed by atoms with E-state index < -0.39 is 5.92 Å². The van der Waals surface area contributed by atoms with Crippen LogP contribution < -0.4 is 20.8 Å². The lowest BCUT2D eigenvalue weighted by Crippen LogP contribution is -2.33. The highest BCUT2D eigenvalue weighted by Crippen LogP contribution is 2.43. The fourth-order valence-electron chi connectivity index (χ4n) is 3.66. The minimum atomic E-state index is -0.698. The Kier molecular flexibility index (Phi) is 4.61. The van der Waals surface area contributed by atoms with Crippen molar-refractivity contribution in [1.29, 1.82) is 5.26 Å². The second kappa shape index (κ2) is 7.24. The van der Waals surface area contributed by atoms with Crippen molar-refractivity contribution in [2.45, 2.75) is 19.4 Å². The van der Waals surface area contributed by atoms with E-state index in [9.17, 15) is 10.1 Å². The van der Waals surface area contributed by atoms with Crippen molar-refractivity contribution in [1.82, 2.24) is 4.57 Å². The van der Waals surface area contributed by atoms with E-state index >= 15 is 0 Å². The predicted molar refractivity (Wildman–Crippen MR) is 106 cm³/mol. The molecule has 0 radical (unpaired) electrons. The van der Waals surface area contributed by atoms with Crippen molar-refractivity contribution in [3.05, 3.63) is 93.1 Å². The van der Waals surface area contributed by atoms with Crippen LogP contribution in [-0.4, -0.2) is 11.7 Å². The maximum atomic E-state index is 13.5. The molecule has 1 atom stereocenters. The fourth-order valence-corrected chi connectivity index (χ4v) is 3.66. The second-order valence-electron chi connectivity index (χ2n) is 6.70. The van der Waals surface area contributed by atoms with Gasteiger partial charge in [-0.25, -0.2) is 0 Å². The van der Waals surface area contributed by atoms with E-state index in [1.807, 2.05) is 25.1 Å². The molecule has 0 aliphatic carbocycles. The van der Waals surface area contributed by atoms with Crippen LogP contribution in [-0.2, 0) is 6.54 Å². The number of allylic oxidation sites excluding steroid dienone is 1. The molecule has 1 aliphatic heterocycles. The fraction of sp³-hybridized carbons (Fsp3) is 0.182. The Bertz CT molecular complexity index is 1200. The normalized spacial score (nSPS) is 15.4. The highest BCUT2D eigenvalue weighted by molar-refractivity contribution is 5.58. The average Bonchev–Trinajstić information content (AvgIpc) is 3.23. The van der Waals surface area contributed by atoms with Crippen LogP contribution in [0.1, 0.15) is 28.5 Å². The molecule has 7 heteroatoms. The molecule has 2 N–H and O–H groups in total. The monoisotopic (exact) mass is 389 g/mol. The molecular weight excluding hydrogens is 370 g/mol. The number of aryl methyl sites for hydroxylation is 1. The molecule has 1 aliphatic rings. The van der Waals surface area contributed by atoms with Gasteiger partial charge in [0.1, 0.15) is 28.9 Å². The van der Waals surface area contributed by atoms with Gasteiger partial charge in [-0.15, -0.1) is 0 Å². The van der Waals surface area contributed by atoms with Gasteiger partial charge in [-0.3, -0.25) is 4.79 Å². The number of ether oxygens (including phenoxy) is 2. The average molecular weight is 389 g/mol. The molecule has 0 saturated carbocycles. The van der Waals surface area contributed by atoms with Crippen LogP contribution in [0.3, 0.4) is 0 Å². The topological polar surface area (TPSA) is 103 Å². The highest BCUT2D eigenvalue weighted by atomic mass is 16.5. The van der Waals surface area contributed by atoms with E-state index in [2.05, 4.69) is 6.07 Å². The first-order chi connectivity index (χ1) is 14.0. The number of nitrogens with two attached hydrogens (primary N) is 1. The van der Waals surface area contributed by atoms with Gasteiger partial charge in [0.25, 0.3) is 5.56 Å². The van der Waals surface area contributed by atoms with Crippen molar-refractivity contribution in [2.24, 2.45) is 5.73 Å². The molecular formula is C22H19N3O4. The molecule has 29 heavy (non-hydrogen) atoms. The van der Waals surface area contributed by atoms with Crippen molar-refractivity contribution >= 4 is 0 Å². The number of methoxy groups -OCH3 is 1. The summed E-state index contributed by atoms with van der Waals surface area (Å²) in [6.07, 6.45) is 1.56. The number of pyridine rings is 1. The second-order valence-corrected chi connectivity index (χ2v) is 6.70. The van der Waals surface area contributed by atoms with Crippen LogP contribution in [0, 0.1) is 18.3 Å². The van der Waals surface area contributed by atoms with E-state index in [0.717, 1.165) is 0 Å². The molecule has 0 unspecified atom stereocenters. The van der Waals surface area contributed by atoms with Gasteiger partial charge in [-0.1, -0.05) is 18.2 Å². The van der Waals surface area contributed by atoms with Crippen LogP contribution in [0.2, 0.25) is 0 Å². The summed E-state index contributed by atoms with van der Waals surface area (Å²) in [6, 6.07) is 14.7. The van der Waals surface area contributed by atoms with Gasteiger partial charge >= 0.3 is 0 Å². The number of hydrogen-bond donors (Lipinski definition) is 1. The molecule has 146 valence electrons. The summed E-state index contributed by atoms with van der Waals surface area (Å²) >= 11 is 0. The molecule has 7 nitrogen and oxygen atoms in total. The van der Waals surface area contributed by atoms with Gasteiger partial charge in [0.2, 0.25) is 5.88 Å². The highest BCUT2D eigenvalue weighted by Gasteiger charge is 2.35. The first kappa shape index (κ1) is 18.4. The zero-order chi connectivity index (χ0) is 20.5. The number of benzene rings is 1. The molecule has 2 aromatic heterocycles. The number of nitriles is 1. The molecule has 0 fully saturated rings. The minimum absolute atomic E-state index is 0.0153. The van der Waals surface area contributed by atoms with Gasteiger partial charge in [0.15, 0.2) is 0 Å². The summed E-state index contributed by atoms with van der Waals surface area (Å²) in [5, 5.41) is 9.77. The Balaban J connectivity index is 1.98. The Morgan fingerprint density at radius 3 is 2.76 bits per heavy atom. The predicted octanol–water partition coefficient (Wildman–Crippen LogP) is 3.02. The lowest BCUT2D eigenvalue weighted by Gasteiger charge is -2.28. The number of para-hydroxylation sites is 1. The van der Waals surface area contributed by atoms with Gasteiger partial charge < -0.3 is 24.2 Å². The molecule has 1 aromatic carbocycles. The van der Waals surface area contributed by atoms with E-state index in [1.165, 1.54) is 0 Å². The Morgan fingerprint density at radius 2 is 2.07 bits per heavy atom. The maximum Gasteiger partial charge on any atom is 0.259 e. The third kappa shape index (κ3) is 3.05. The first-order valence-electron chi connectivity index (χ1n) is 9.02. The number of furan rings is 1. The lowest BCUT2D eigenvalue weighted by molar-refractivity contribution is 0.382. The molecule has 0 spiro atoms. The van der Waals surface area contributed by atoms with Crippen molar-refractivity contribution < 1.29 is 13.9 Å². The van der Waals surface area contributed by atoms with Gasteiger partial charge in [0, 0.05) is 17.3 Å². The number of hydrogen-bond acceptors (Lipinski definition) is 6. The van der Waals surface area contributed by atoms with Crippen LogP contribution >= 0.6 is 0 Å². The van der Waals surface area contributed by atoms with Gasteiger partial charge in [-0.05, 0) is 25.1 Å². The van der Waals surface area contributed by atoms with Crippen LogP contribution in [0.5, 0.6) is 11.5 Å².